The first-order valence-corrected chi connectivity index (χ1v) is 4.94. The van der Waals surface area contributed by atoms with Crippen molar-refractivity contribution in [3.63, 3.8) is 0 Å². The topological polar surface area (TPSA) is 34.2 Å². The second-order valence-electron chi connectivity index (χ2n) is 2.88. The number of hydrogen-bond acceptors (Lipinski definition) is 2. The third-order valence-electron chi connectivity index (χ3n) is 2.09. The van der Waals surface area contributed by atoms with Crippen LogP contribution in [0, 0.1) is 0 Å². The summed E-state index contributed by atoms with van der Waals surface area (Å²) in [6, 6.07) is 5.94. The van der Waals surface area contributed by atoms with Gasteiger partial charge in [0.15, 0.2) is 5.75 Å². The number of halogens is 1. The predicted octanol–water partition coefficient (Wildman–Crippen LogP) is 2.95. The van der Waals surface area contributed by atoms with Gasteiger partial charge >= 0.3 is 0 Å². The summed E-state index contributed by atoms with van der Waals surface area (Å²) in [6.45, 7) is 0. The van der Waals surface area contributed by atoms with Gasteiger partial charge in [-0.05, 0) is 18.2 Å². The van der Waals surface area contributed by atoms with Crippen molar-refractivity contribution < 1.29 is 9.47 Å². The Labute approximate surface area is 90.1 Å². The molecule has 0 bridgehead atoms. The first-order chi connectivity index (χ1) is 6.76. The van der Waals surface area contributed by atoms with Gasteiger partial charge in [0.25, 0.3) is 0 Å². The van der Waals surface area contributed by atoms with Gasteiger partial charge in [-0.15, -0.1) is 0 Å². The Morgan fingerprint density at radius 1 is 1.21 bits per heavy atom. The van der Waals surface area contributed by atoms with Crippen LogP contribution in [-0.2, 0) is 0 Å². The molecule has 0 spiro atoms. The van der Waals surface area contributed by atoms with Crippen LogP contribution >= 0.6 is 15.9 Å². The molecule has 0 fully saturated rings. The maximum Gasteiger partial charge on any atom is 0.235 e. The van der Waals surface area contributed by atoms with Crippen LogP contribution in [0.5, 0.6) is 11.6 Å². The molecule has 3 nitrogen and oxygen atoms in total. The molecule has 0 unspecified atom stereocenters. The molecule has 14 heavy (non-hydrogen) atoms. The van der Waals surface area contributed by atoms with Crippen molar-refractivity contribution in [3.8, 4) is 11.6 Å². The normalized spacial score (nSPS) is 10.5. The summed E-state index contributed by atoms with van der Waals surface area (Å²) in [5.74, 6) is 1.40. The zero-order valence-electron chi connectivity index (χ0n) is 7.93. The van der Waals surface area contributed by atoms with Gasteiger partial charge in [0.05, 0.1) is 19.7 Å². The lowest BCUT2D eigenvalue weighted by Gasteiger charge is -1.99. The second kappa shape index (κ2) is 3.53. The van der Waals surface area contributed by atoms with Gasteiger partial charge < -0.3 is 14.5 Å². The molecule has 0 saturated heterocycles. The molecule has 0 saturated carbocycles. The highest BCUT2D eigenvalue weighted by molar-refractivity contribution is 9.10. The molecule has 0 aliphatic carbocycles. The smallest absolute Gasteiger partial charge is 0.235 e. The Morgan fingerprint density at radius 3 is 2.64 bits per heavy atom. The van der Waals surface area contributed by atoms with Crippen molar-refractivity contribution in [2.45, 2.75) is 0 Å². The Morgan fingerprint density at radius 2 is 2.00 bits per heavy atom. The largest absolute Gasteiger partial charge is 0.491 e. The van der Waals surface area contributed by atoms with E-state index in [2.05, 4.69) is 20.9 Å². The van der Waals surface area contributed by atoms with E-state index in [4.69, 9.17) is 9.47 Å². The number of benzene rings is 1. The summed E-state index contributed by atoms with van der Waals surface area (Å²) in [5, 5.41) is 1.02. The summed E-state index contributed by atoms with van der Waals surface area (Å²) in [7, 11) is 3.25. The van der Waals surface area contributed by atoms with Gasteiger partial charge in [0.1, 0.15) is 0 Å². The number of hydrogen-bond donors (Lipinski definition) is 1. The van der Waals surface area contributed by atoms with Crippen LogP contribution in [0.3, 0.4) is 0 Å². The van der Waals surface area contributed by atoms with E-state index in [1.807, 2.05) is 18.2 Å². The Hall–Kier alpha value is -1.16. The van der Waals surface area contributed by atoms with Gasteiger partial charge in [-0.25, -0.2) is 0 Å². The number of methoxy groups -OCH3 is 2. The molecule has 4 heteroatoms. The summed E-state index contributed by atoms with van der Waals surface area (Å²) < 4.78 is 11.4. The zero-order chi connectivity index (χ0) is 10.1. The van der Waals surface area contributed by atoms with Crippen molar-refractivity contribution in [2.75, 3.05) is 14.2 Å². The monoisotopic (exact) mass is 255 g/mol. The van der Waals surface area contributed by atoms with Gasteiger partial charge in [-0.2, -0.15) is 0 Å². The highest BCUT2D eigenvalue weighted by Crippen LogP contribution is 2.36. The molecule has 0 atom stereocenters. The van der Waals surface area contributed by atoms with Crippen LogP contribution in [0.25, 0.3) is 10.9 Å². The summed E-state index contributed by atoms with van der Waals surface area (Å²) in [6.07, 6.45) is 0. The number of nitrogens with one attached hydrogen (secondary N) is 1. The summed E-state index contributed by atoms with van der Waals surface area (Å²) >= 11 is 3.41. The van der Waals surface area contributed by atoms with E-state index in [1.54, 1.807) is 14.2 Å². The van der Waals surface area contributed by atoms with Crippen molar-refractivity contribution in [1.29, 1.82) is 0 Å². The molecule has 74 valence electrons. The van der Waals surface area contributed by atoms with Crippen LogP contribution in [0.15, 0.2) is 22.7 Å². The number of aromatic amines is 1. The van der Waals surface area contributed by atoms with E-state index in [0.29, 0.717) is 5.88 Å². The highest BCUT2D eigenvalue weighted by Gasteiger charge is 2.11. The van der Waals surface area contributed by atoms with Crippen LogP contribution in [0.1, 0.15) is 0 Å². The highest BCUT2D eigenvalue weighted by atomic mass is 79.9. The van der Waals surface area contributed by atoms with Crippen molar-refractivity contribution in [1.82, 2.24) is 4.98 Å². The standard InChI is InChI=1S/C10H10BrNO2/c1-13-9-7-4-3-6(11)5-8(7)12-10(9)14-2/h3-5,12H,1-2H3. The third kappa shape index (κ3) is 1.35. The van der Waals surface area contributed by atoms with E-state index in [1.165, 1.54) is 0 Å². The van der Waals surface area contributed by atoms with E-state index in [0.717, 1.165) is 21.1 Å². The minimum Gasteiger partial charge on any atom is -0.491 e. The summed E-state index contributed by atoms with van der Waals surface area (Å²) in [5.41, 5.74) is 0.994. The fourth-order valence-electron chi connectivity index (χ4n) is 1.47. The molecular formula is C10H10BrNO2. The molecule has 2 aromatic rings. The SMILES string of the molecule is COc1[nH]c2cc(Br)ccc2c1OC. The summed E-state index contributed by atoms with van der Waals surface area (Å²) in [4.78, 5) is 3.13. The lowest BCUT2D eigenvalue weighted by atomic mass is 10.2. The van der Waals surface area contributed by atoms with Crippen LogP contribution in [0.2, 0.25) is 0 Å². The molecule has 0 aliphatic heterocycles. The maximum atomic E-state index is 5.26. The number of fused-ring (bicyclic) bond motifs is 1. The molecule has 1 N–H and O–H groups in total. The minimum absolute atomic E-state index is 0.653. The number of ether oxygens (including phenoxy) is 2. The first kappa shape index (κ1) is 9.40. The maximum absolute atomic E-state index is 5.26. The first-order valence-electron chi connectivity index (χ1n) is 4.15. The molecule has 0 amide bonds. The van der Waals surface area contributed by atoms with E-state index in [9.17, 15) is 0 Å². The van der Waals surface area contributed by atoms with Crippen LogP contribution < -0.4 is 9.47 Å². The van der Waals surface area contributed by atoms with E-state index in [-0.39, 0.29) is 0 Å². The molecule has 1 aromatic heterocycles. The number of H-pyrrole nitrogens is 1. The molecule has 0 aliphatic rings. The van der Waals surface area contributed by atoms with Crippen molar-refractivity contribution in [3.05, 3.63) is 22.7 Å². The van der Waals surface area contributed by atoms with Crippen LogP contribution in [-0.4, -0.2) is 19.2 Å². The van der Waals surface area contributed by atoms with Crippen molar-refractivity contribution >= 4 is 26.8 Å². The quantitative estimate of drug-likeness (QED) is 0.896. The molecule has 1 heterocycles. The molecule has 2 rings (SSSR count). The predicted molar refractivity (Wildman–Crippen MR) is 59.1 cm³/mol. The Kier molecular flexibility index (Phi) is 2.37. The Bertz CT molecular complexity index is 464. The van der Waals surface area contributed by atoms with E-state index < -0.39 is 0 Å². The van der Waals surface area contributed by atoms with E-state index >= 15 is 0 Å². The fraction of sp³-hybridized carbons (Fsp3) is 0.200. The van der Waals surface area contributed by atoms with Gasteiger partial charge in [0.2, 0.25) is 5.88 Å². The van der Waals surface area contributed by atoms with Gasteiger partial charge in [-0.3, -0.25) is 0 Å². The lowest BCUT2D eigenvalue weighted by Crippen LogP contribution is -1.86. The van der Waals surface area contributed by atoms with Crippen LogP contribution in [0.4, 0.5) is 0 Å². The number of rotatable bonds is 2. The second-order valence-corrected chi connectivity index (χ2v) is 3.80. The fourth-order valence-corrected chi connectivity index (χ4v) is 1.83. The molecule has 0 radical (unpaired) electrons. The molecular weight excluding hydrogens is 246 g/mol. The van der Waals surface area contributed by atoms with Gasteiger partial charge in [-0.1, -0.05) is 15.9 Å². The average Bonchev–Trinajstić information content (AvgIpc) is 2.54. The third-order valence-corrected chi connectivity index (χ3v) is 2.58. The van der Waals surface area contributed by atoms with Crippen molar-refractivity contribution in [2.24, 2.45) is 0 Å². The Balaban J connectivity index is 2.73. The minimum atomic E-state index is 0.653. The zero-order valence-corrected chi connectivity index (χ0v) is 9.51. The lowest BCUT2D eigenvalue weighted by molar-refractivity contribution is 0.351. The molecule has 1 aromatic carbocycles. The number of aromatic nitrogens is 1. The average molecular weight is 256 g/mol. The van der Waals surface area contributed by atoms with Gasteiger partial charge in [0, 0.05) is 9.86 Å².